The molecule has 0 fully saturated rings. The van der Waals surface area contributed by atoms with E-state index in [0.29, 0.717) is 0 Å². The molecule has 1 nitrogen and oxygen atoms in total. The number of benzene rings is 2. The van der Waals surface area contributed by atoms with Crippen LogP contribution in [0.3, 0.4) is 0 Å². The first-order valence-corrected chi connectivity index (χ1v) is 6.31. The van der Waals surface area contributed by atoms with Gasteiger partial charge in [-0.2, -0.15) is 0 Å². The van der Waals surface area contributed by atoms with Crippen LogP contribution in [-0.4, -0.2) is 0 Å². The summed E-state index contributed by atoms with van der Waals surface area (Å²) < 4.78 is 6.07. The van der Waals surface area contributed by atoms with Crippen LogP contribution in [0.5, 0.6) is 0 Å². The highest BCUT2D eigenvalue weighted by molar-refractivity contribution is 5.94. The minimum Gasteiger partial charge on any atom is -0.456 e. The summed E-state index contributed by atoms with van der Waals surface area (Å²) in [5.41, 5.74) is 4.96. The molecule has 0 saturated heterocycles. The summed E-state index contributed by atoms with van der Waals surface area (Å²) in [4.78, 5) is 0. The van der Waals surface area contributed by atoms with E-state index >= 15 is 0 Å². The van der Waals surface area contributed by atoms with Crippen LogP contribution in [0.15, 0.2) is 52.9 Å². The van der Waals surface area contributed by atoms with Crippen LogP contribution in [0.1, 0.15) is 25.0 Å². The molecule has 1 aliphatic rings. The van der Waals surface area contributed by atoms with Crippen molar-refractivity contribution in [1.82, 2.24) is 0 Å². The van der Waals surface area contributed by atoms with E-state index in [1.807, 2.05) is 12.1 Å². The summed E-state index contributed by atoms with van der Waals surface area (Å²) >= 11 is 0. The Balaban J connectivity index is 2.20. The quantitative estimate of drug-likeness (QED) is 0.547. The predicted molar refractivity (Wildman–Crippen MR) is 73.8 cm³/mol. The molecule has 0 radical (unpaired) electrons. The van der Waals surface area contributed by atoms with E-state index in [2.05, 4.69) is 50.2 Å². The molecule has 18 heavy (non-hydrogen) atoms. The van der Waals surface area contributed by atoms with Crippen LogP contribution in [0.2, 0.25) is 0 Å². The molecule has 1 aromatic heterocycles. The molecule has 0 atom stereocenters. The van der Waals surface area contributed by atoms with Crippen LogP contribution < -0.4 is 0 Å². The SMILES string of the molecule is CC1(C)c2ccccc2-c2oc3ccccc3c21. The van der Waals surface area contributed by atoms with Crippen molar-refractivity contribution in [2.75, 3.05) is 0 Å². The van der Waals surface area contributed by atoms with E-state index in [9.17, 15) is 0 Å². The average Bonchev–Trinajstić information content (AvgIpc) is 2.86. The molecule has 0 spiro atoms. The minimum absolute atomic E-state index is 0.0263. The highest BCUT2D eigenvalue weighted by atomic mass is 16.3. The molecular weight excluding hydrogens is 220 g/mol. The van der Waals surface area contributed by atoms with Gasteiger partial charge < -0.3 is 4.42 Å². The van der Waals surface area contributed by atoms with Gasteiger partial charge in [-0.05, 0) is 11.6 Å². The molecule has 0 amide bonds. The minimum atomic E-state index is 0.0263. The van der Waals surface area contributed by atoms with E-state index in [-0.39, 0.29) is 5.41 Å². The zero-order valence-electron chi connectivity index (χ0n) is 10.5. The van der Waals surface area contributed by atoms with Gasteiger partial charge in [-0.15, -0.1) is 0 Å². The Morgan fingerprint density at radius 3 is 2.50 bits per heavy atom. The van der Waals surface area contributed by atoms with E-state index < -0.39 is 0 Å². The maximum atomic E-state index is 6.07. The first kappa shape index (κ1) is 9.95. The van der Waals surface area contributed by atoms with Crippen molar-refractivity contribution < 1.29 is 4.42 Å². The molecule has 88 valence electrons. The normalized spacial score (nSPS) is 15.7. The third kappa shape index (κ3) is 1.02. The number of rotatable bonds is 0. The molecule has 1 aliphatic carbocycles. The Labute approximate surface area is 106 Å². The lowest BCUT2D eigenvalue weighted by atomic mass is 9.81. The number of fused-ring (bicyclic) bond motifs is 5. The first-order valence-electron chi connectivity index (χ1n) is 6.31. The van der Waals surface area contributed by atoms with Crippen molar-refractivity contribution in [2.24, 2.45) is 0 Å². The Hall–Kier alpha value is -2.02. The van der Waals surface area contributed by atoms with Crippen molar-refractivity contribution in [3.05, 3.63) is 59.7 Å². The van der Waals surface area contributed by atoms with Crippen molar-refractivity contribution in [3.8, 4) is 11.3 Å². The smallest absolute Gasteiger partial charge is 0.139 e. The van der Waals surface area contributed by atoms with Gasteiger partial charge >= 0.3 is 0 Å². The maximum absolute atomic E-state index is 6.07. The van der Waals surface area contributed by atoms with Gasteiger partial charge in [0.2, 0.25) is 0 Å². The summed E-state index contributed by atoms with van der Waals surface area (Å²) in [5, 5.41) is 1.24. The Kier molecular flexibility index (Phi) is 1.69. The molecule has 0 N–H and O–H groups in total. The maximum Gasteiger partial charge on any atom is 0.139 e. The zero-order chi connectivity index (χ0) is 12.3. The summed E-state index contributed by atoms with van der Waals surface area (Å²) in [7, 11) is 0. The van der Waals surface area contributed by atoms with Crippen LogP contribution in [0.25, 0.3) is 22.3 Å². The Morgan fingerprint density at radius 2 is 1.61 bits per heavy atom. The molecule has 0 unspecified atom stereocenters. The predicted octanol–water partition coefficient (Wildman–Crippen LogP) is 4.74. The fraction of sp³-hybridized carbons (Fsp3) is 0.176. The lowest BCUT2D eigenvalue weighted by Gasteiger charge is -2.20. The average molecular weight is 234 g/mol. The van der Waals surface area contributed by atoms with E-state index in [0.717, 1.165) is 11.3 Å². The van der Waals surface area contributed by atoms with Crippen molar-refractivity contribution in [3.63, 3.8) is 0 Å². The van der Waals surface area contributed by atoms with Crippen molar-refractivity contribution in [2.45, 2.75) is 19.3 Å². The second-order valence-corrected chi connectivity index (χ2v) is 5.47. The van der Waals surface area contributed by atoms with Gasteiger partial charge in [0.05, 0.1) is 0 Å². The standard InChI is InChI=1S/C17H14O/c1-17(2)13-9-5-3-7-11(13)16-15(17)12-8-4-6-10-14(12)18-16/h3-10H,1-2H3. The van der Waals surface area contributed by atoms with Crippen molar-refractivity contribution in [1.29, 1.82) is 0 Å². The second-order valence-electron chi connectivity index (χ2n) is 5.47. The molecule has 0 aliphatic heterocycles. The summed E-state index contributed by atoms with van der Waals surface area (Å²) in [5.74, 6) is 1.05. The molecule has 1 heterocycles. The largest absolute Gasteiger partial charge is 0.456 e. The third-order valence-electron chi connectivity index (χ3n) is 4.07. The van der Waals surface area contributed by atoms with Gasteiger partial charge in [0.25, 0.3) is 0 Å². The van der Waals surface area contributed by atoms with Crippen molar-refractivity contribution >= 4 is 11.0 Å². The Morgan fingerprint density at radius 1 is 0.889 bits per heavy atom. The van der Waals surface area contributed by atoms with Gasteiger partial charge in [-0.25, -0.2) is 0 Å². The molecule has 0 bridgehead atoms. The third-order valence-corrected chi connectivity index (χ3v) is 4.07. The van der Waals surface area contributed by atoms with Gasteiger partial charge in [-0.3, -0.25) is 0 Å². The Bertz CT molecular complexity index is 762. The number of hydrogen-bond donors (Lipinski definition) is 0. The summed E-state index contributed by atoms with van der Waals surface area (Å²) in [6.45, 7) is 4.55. The zero-order valence-corrected chi connectivity index (χ0v) is 10.5. The highest BCUT2D eigenvalue weighted by Crippen LogP contribution is 2.52. The summed E-state index contributed by atoms with van der Waals surface area (Å²) in [6.07, 6.45) is 0. The van der Waals surface area contributed by atoms with Gasteiger partial charge in [0, 0.05) is 21.9 Å². The molecular formula is C17H14O. The fourth-order valence-electron chi connectivity index (χ4n) is 3.22. The highest BCUT2D eigenvalue weighted by Gasteiger charge is 2.39. The molecule has 0 saturated carbocycles. The van der Waals surface area contributed by atoms with E-state index in [1.54, 1.807) is 0 Å². The summed E-state index contributed by atoms with van der Waals surface area (Å²) in [6, 6.07) is 16.9. The second kappa shape index (κ2) is 3.05. The van der Waals surface area contributed by atoms with Crippen LogP contribution in [0, 0.1) is 0 Å². The van der Waals surface area contributed by atoms with E-state index in [1.165, 1.54) is 22.1 Å². The van der Waals surface area contributed by atoms with Gasteiger partial charge in [0.1, 0.15) is 11.3 Å². The lowest BCUT2D eigenvalue weighted by molar-refractivity contribution is 0.619. The topological polar surface area (TPSA) is 13.1 Å². The number of hydrogen-bond acceptors (Lipinski definition) is 1. The van der Waals surface area contributed by atoms with Crippen LogP contribution >= 0.6 is 0 Å². The van der Waals surface area contributed by atoms with E-state index in [4.69, 9.17) is 4.42 Å². The van der Waals surface area contributed by atoms with Gasteiger partial charge in [0.15, 0.2) is 0 Å². The van der Waals surface area contributed by atoms with Gasteiger partial charge in [-0.1, -0.05) is 56.3 Å². The van der Waals surface area contributed by atoms with Crippen LogP contribution in [-0.2, 0) is 5.41 Å². The monoisotopic (exact) mass is 234 g/mol. The first-order chi connectivity index (χ1) is 8.69. The molecule has 1 heteroatoms. The molecule has 2 aromatic carbocycles. The molecule has 4 rings (SSSR count). The molecule has 3 aromatic rings. The number of para-hydroxylation sites is 1. The number of furan rings is 1. The van der Waals surface area contributed by atoms with Crippen LogP contribution in [0.4, 0.5) is 0 Å². The fourth-order valence-corrected chi connectivity index (χ4v) is 3.22. The lowest BCUT2D eigenvalue weighted by Crippen LogP contribution is -2.14.